The Morgan fingerprint density at radius 2 is 2.12 bits per heavy atom. The monoisotopic (exact) mass is 346 g/mol. The Morgan fingerprint density at radius 1 is 1.38 bits per heavy atom. The number of fused-ring (bicyclic) bond motifs is 1. The highest BCUT2D eigenvalue weighted by Gasteiger charge is 2.17. The van der Waals surface area contributed by atoms with E-state index in [1.165, 1.54) is 10.9 Å². The number of rotatable bonds is 5. The van der Waals surface area contributed by atoms with E-state index in [1.54, 1.807) is 13.0 Å². The van der Waals surface area contributed by atoms with Crippen molar-refractivity contribution in [2.45, 2.75) is 20.0 Å². The summed E-state index contributed by atoms with van der Waals surface area (Å²) in [5.74, 6) is -1.34. The fourth-order valence-electron chi connectivity index (χ4n) is 2.53. The van der Waals surface area contributed by atoms with Crippen molar-refractivity contribution in [1.29, 1.82) is 0 Å². The number of carboxylic acids is 1. The zero-order valence-electron chi connectivity index (χ0n) is 12.8. The highest BCUT2D eigenvalue weighted by atomic mass is 35.5. The average molecular weight is 347 g/mol. The maximum absolute atomic E-state index is 12.1. The summed E-state index contributed by atoms with van der Waals surface area (Å²) in [7, 11) is 0. The van der Waals surface area contributed by atoms with E-state index < -0.39 is 5.97 Å². The number of aromatic amines is 1. The third kappa shape index (κ3) is 2.98. The molecule has 24 heavy (non-hydrogen) atoms. The minimum Gasteiger partial charge on any atom is -0.477 e. The molecule has 0 unspecified atom stereocenters. The molecule has 0 radical (unpaired) electrons. The number of H-pyrrole nitrogens is 1. The zero-order chi connectivity index (χ0) is 17.3. The predicted molar refractivity (Wildman–Crippen MR) is 89.1 cm³/mol. The van der Waals surface area contributed by atoms with Gasteiger partial charge in [0.15, 0.2) is 0 Å². The Kier molecular flexibility index (Phi) is 4.26. The number of aromatic carboxylic acids is 1. The number of carbonyl (C=O) groups excluding carboxylic acids is 1. The first-order valence-corrected chi connectivity index (χ1v) is 7.62. The van der Waals surface area contributed by atoms with Crippen LogP contribution in [0.25, 0.3) is 10.9 Å². The van der Waals surface area contributed by atoms with E-state index in [4.69, 9.17) is 11.6 Å². The third-order valence-corrected chi connectivity index (χ3v) is 4.20. The second kappa shape index (κ2) is 6.37. The fourth-order valence-corrected chi connectivity index (χ4v) is 2.67. The van der Waals surface area contributed by atoms with Gasteiger partial charge in [-0.05, 0) is 13.0 Å². The van der Waals surface area contributed by atoms with Gasteiger partial charge < -0.3 is 15.4 Å². The molecule has 3 N–H and O–H groups in total. The summed E-state index contributed by atoms with van der Waals surface area (Å²) in [4.78, 5) is 26.4. The molecule has 3 aromatic rings. The van der Waals surface area contributed by atoms with Crippen LogP contribution in [0.15, 0.2) is 30.5 Å². The number of carbonyl (C=O) groups is 2. The first-order chi connectivity index (χ1) is 11.5. The van der Waals surface area contributed by atoms with E-state index in [0.29, 0.717) is 21.8 Å². The molecule has 0 saturated heterocycles. The van der Waals surface area contributed by atoms with E-state index in [-0.39, 0.29) is 24.7 Å². The van der Waals surface area contributed by atoms with Crippen LogP contribution in [0, 0.1) is 6.92 Å². The summed E-state index contributed by atoms with van der Waals surface area (Å²) in [5, 5.41) is 17.3. The van der Waals surface area contributed by atoms with Crippen LogP contribution in [0.1, 0.15) is 21.7 Å². The lowest BCUT2D eigenvalue weighted by Crippen LogP contribution is -2.28. The van der Waals surface area contributed by atoms with Crippen molar-refractivity contribution in [3.05, 3.63) is 52.4 Å². The number of carboxylic acid groups (broad SMARTS) is 1. The lowest BCUT2D eigenvalue weighted by Gasteiger charge is -2.07. The van der Waals surface area contributed by atoms with E-state index >= 15 is 0 Å². The summed E-state index contributed by atoms with van der Waals surface area (Å²) in [6, 6.07) is 7.25. The third-order valence-electron chi connectivity index (χ3n) is 3.83. The molecule has 0 saturated carbocycles. The number of hydrogen-bond donors (Lipinski definition) is 3. The van der Waals surface area contributed by atoms with Gasteiger partial charge in [0.25, 0.3) is 0 Å². The normalized spacial score (nSPS) is 10.9. The van der Waals surface area contributed by atoms with Crippen molar-refractivity contribution in [2.75, 3.05) is 0 Å². The molecule has 1 amide bonds. The van der Waals surface area contributed by atoms with Crippen LogP contribution in [0.4, 0.5) is 0 Å². The van der Waals surface area contributed by atoms with Gasteiger partial charge in [-0.15, -0.1) is 0 Å². The number of halogens is 1. The molecule has 0 fully saturated rings. The van der Waals surface area contributed by atoms with Crippen LogP contribution in [-0.4, -0.2) is 31.7 Å². The number of para-hydroxylation sites is 1. The highest BCUT2D eigenvalue weighted by molar-refractivity contribution is 6.31. The minimum absolute atomic E-state index is 0.0172. The van der Waals surface area contributed by atoms with Gasteiger partial charge >= 0.3 is 5.97 Å². The maximum Gasteiger partial charge on any atom is 0.352 e. The van der Waals surface area contributed by atoms with Gasteiger partial charge in [-0.2, -0.15) is 5.10 Å². The van der Waals surface area contributed by atoms with E-state index in [9.17, 15) is 14.7 Å². The molecular weight excluding hydrogens is 332 g/mol. The maximum atomic E-state index is 12.1. The van der Waals surface area contributed by atoms with Crippen LogP contribution < -0.4 is 5.32 Å². The summed E-state index contributed by atoms with van der Waals surface area (Å²) >= 11 is 5.91. The van der Waals surface area contributed by atoms with Crippen LogP contribution in [0.5, 0.6) is 0 Å². The molecule has 0 spiro atoms. The van der Waals surface area contributed by atoms with Crippen molar-refractivity contribution in [3.63, 3.8) is 0 Å². The predicted octanol–water partition coefficient (Wildman–Crippen LogP) is 2.34. The van der Waals surface area contributed by atoms with E-state index in [1.807, 2.05) is 18.2 Å². The Labute approximate surface area is 142 Å². The molecule has 0 atom stereocenters. The van der Waals surface area contributed by atoms with Crippen molar-refractivity contribution in [3.8, 4) is 0 Å². The van der Waals surface area contributed by atoms with Gasteiger partial charge in [0.2, 0.25) is 5.91 Å². The van der Waals surface area contributed by atoms with Crippen molar-refractivity contribution < 1.29 is 14.7 Å². The second-order valence-electron chi connectivity index (χ2n) is 5.34. The molecule has 2 aromatic heterocycles. The summed E-state index contributed by atoms with van der Waals surface area (Å²) < 4.78 is 1.49. The molecule has 124 valence electrons. The van der Waals surface area contributed by atoms with Gasteiger partial charge in [0.05, 0.1) is 16.9 Å². The number of nitrogens with zero attached hydrogens (tertiary/aromatic N) is 2. The first kappa shape index (κ1) is 16.1. The van der Waals surface area contributed by atoms with Gasteiger partial charge in [0, 0.05) is 23.0 Å². The first-order valence-electron chi connectivity index (χ1n) is 7.25. The lowest BCUT2D eigenvalue weighted by molar-refractivity contribution is -0.122. The van der Waals surface area contributed by atoms with E-state index in [0.717, 1.165) is 5.39 Å². The molecule has 1 aromatic carbocycles. The van der Waals surface area contributed by atoms with Gasteiger partial charge in [-0.3, -0.25) is 9.48 Å². The number of benzene rings is 1. The van der Waals surface area contributed by atoms with Crippen molar-refractivity contribution in [2.24, 2.45) is 0 Å². The van der Waals surface area contributed by atoms with Crippen LogP contribution in [0.2, 0.25) is 5.02 Å². The largest absolute Gasteiger partial charge is 0.477 e. The molecule has 8 heteroatoms. The van der Waals surface area contributed by atoms with Gasteiger partial charge in [-0.25, -0.2) is 4.79 Å². The van der Waals surface area contributed by atoms with Crippen LogP contribution >= 0.6 is 11.6 Å². The highest BCUT2D eigenvalue weighted by Crippen LogP contribution is 2.22. The van der Waals surface area contributed by atoms with Crippen molar-refractivity contribution in [1.82, 2.24) is 20.1 Å². The van der Waals surface area contributed by atoms with Crippen LogP contribution in [0.3, 0.4) is 0 Å². The molecule has 0 aliphatic rings. The topological polar surface area (TPSA) is 100 Å². The summed E-state index contributed by atoms with van der Waals surface area (Å²) in [6.45, 7) is 1.90. The Morgan fingerprint density at radius 3 is 2.79 bits per heavy atom. The number of amides is 1. The smallest absolute Gasteiger partial charge is 0.352 e. The lowest BCUT2D eigenvalue weighted by atomic mass is 10.1. The minimum atomic E-state index is -1.06. The second-order valence-corrected chi connectivity index (χ2v) is 5.75. The molecule has 3 rings (SSSR count). The zero-order valence-corrected chi connectivity index (χ0v) is 13.6. The Bertz CT molecular complexity index is 929. The molecule has 2 heterocycles. The molecule has 0 aliphatic heterocycles. The molecule has 7 nitrogen and oxygen atoms in total. The SMILES string of the molecule is Cc1c(Cl)cnn1CC(=O)NCc1c(C(=O)O)[nH]c2ccccc12. The van der Waals surface area contributed by atoms with Crippen molar-refractivity contribution >= 4 is 34.4 Å². The van der Waals surface area contributed by atoms with Gasteiger partial charge in [-0.1, -0.05) is 29.8 Å². The molecular formula is C16H15ClN4O3. The van der Waals surface area contributed by atoms with Gasteiger partial charge in [0.1, 0.15) is 12.2 Å². The average Bonchev–Trinajstić information content (AvgIpc) is 3.08. The van der Waals surface area contributed by atoms with E-state index in [2.05, 4.69) is 15.4 Å². The van der Waals surface area contributed by atoms with Crippen LogP contribution in [-0.2, 0) is 17.9 Å². The Balaban J connectivity index is 1.78. The fraction of sp³-hybridized carbons (Fsp3) is 0.188. The molecule has 0 bridgehead atoms. The molecule has 0 aliphatic carbocycles. The summed E-state index contributed by atoms with van der Waals surface area (Å²) in [5.41, 5.74) is 2.04. The number of nitrogens with one attached hydrogen (secondary N) is 2. The number of hydrogen-bond acceptors (Lipinski definition) is 3. The summed E-state index contributed by atoms with van der Waals surface area (Å²) in [6.07, 6.45) is 1.48. The standard InChI is InChI=1S/C16H15ClN4O3/c1-9-12(17)7-19-21(9)8-14(22)18-6-11-10-4-2-3-5-13(10)20-15(11)16(23)24/h2-5,7,20H,6,8H2,1H3,(H,18,22)(H,23,24). The number of aromatic nitrogens is 3. The quantitative estimate of drug-likeness (QED) is 0.660. The Hall–Kier alpha value is -2.80.